The van der Waals surface area contributed by atoms with Crippen LogP contribution in [-0.4, -0.2) is 35.3 Å². The van der Waals surface area contributed by atoms with Gasteiger partial charge in [-0.25, -0.2) is 9.79 Å². The molecular formula is C35H33N3O5S. The van der Waals surface area contributed by atoms with E-state index in [0.717, 1.165) is 33.3 Å². The van der Waals surface area contributed by atoms with E-state index < -0.39 is 12.0 Å². The highest BCUT2D eigenvalue weighted by molar-refractivity contribution is 7.07. The zero-order chi connectivity index (χ0) is 31.0. The minimum absolute atomic E-state index is 0.0148. The van der Waals surface area contributed by atoms with Crippen molar-refractivity contribution in [2.75, 3.05) is 13.7 Å². The van der Waals surface area contributed by atoms with Crippen LogP contribution in [0, 0.1) is 0 Å². The van der Waals surface area contributed by atoms with Gasteiger partial charge in [0.1, 0.15) is 11.5 Å². The van der Waals surface area contributed by atoms with Gasteiger partial charge >= 0.3 is 5.97 Å². The molecule has 1 atom stereocenters. The van der Waals surface area contributed by atoms with E-state index in [2.05, 4.69) is 4.98 Å². The number of nitrogens with one attached hydrogen (secondary N) is 1. The number of ether oxygens (including phenoxy) is 3. The van der Waals surface area contributed by atoms with Gasteiger partial charge in [-0.2, -0.15) is 0 Å². The monoisotopic (exact) mass is 607 g/mol. The largest absolute Gasteiger partial charge is 0.495 e. The predicted molar refractivity (Wildman–Crippen MR) is 173 cm³/mol. The summed E-state index contributed by atoms with van der Waals surface area (Å²) in [5.74, 6) is 0.920. The highest BCUT2D eigenvalue weighted by Gasteiger charge is 2.33. The van der Waals surface area contributed by atoms with Gasteiger partial charge in [0, 0.05) is 10.9 Å². The second-order valence-corrected chi connectivity index (χ2v) is 11.7. The number of thiazole rings is 1. The Balaban J connectivity index is 1.58. The molecule has 224 valence electrons. The molecule has 0 spiro atoms. The molecule has 0 radical (unpaired) electrons. The van der Waals surface area contributed by atoms with Crippen LogP contribution in [0.2, 0.25) is 0 Å². The molecule has 3 aromatic carbocycles. The molecule has 0 amide bonds. The van der Waals surface area contributed by atoms with Crippen LogP contribution in [0.3, 0.4) is 0 Å². The van der Waals surface area contributed by atoms with Crippen molar-refractivity contribution in [1.82, 2.24) is 9.55 Å². The molecule has 0 unspecified atom stereocenters. The van der Waals surface area contributed by atoms with Crippen LogP contribution in [0.15, 0.2) is 93.9 Å². The number of methoxy groups -OCH3 is 1. The molecule has 0 saturated carbocycles. The van der Waals surface area contributed by atoms with Crippen LogP contribution in [0.5, 0.6) is 11.5 Å². The fourth-order valence-electron chi connectivity index (χ4n) is 5.60. The second kappa shape index (κ2) is 12.0. The number of carbonyl (C=O) groups excluding carboxylic acids is 1. The average Bonchev–Trinajstić information content (AvgIpc) is 3.54. The molecule has 5 aromatic rings. The first-order valence-corrected chi connectivity index (χ1v) is 15.3. The lowest BCUT2D eigenvalue weighted by Gasteiger charge is -2.25. The molecule has 0 aliphatic carbocycles. The van der Waals surface area contributed by atoms with Gasteiger partial charge in [-0.3, -0.25) is 9.36 Å². The minimum atomic E-state index is -0.711. The number of aromatic amines is 1. The third-order valence-electron chi connectivity index (χ3n) is 7.48. The maximum Gasteiger partial charge on any atom is 0.338 e. The molecule has 0 bridgehead atoms. The van der Waals surface area contributed by atoms with Crippen molar-refractivity contribution in [2.45, 2.75) is 39.8 Å². The van der Waals surface area contributed by atoms with Crippen molar-refractivity contribution in [3.8, 4) is 22.8 Å². The summed E-state index contributed by atoms with van der Waals surface area (Å²) in [4.78, 5) is 36.4. The first kappa shape index (κ1) is 29.2. The first-order chi connectivity index (χ1) is 21.3. The van der Waals surface area contributed by atoms with Crippen LogP contribution in [0.1, 0.15) is 44.9 Å². The molecule has 2 aromatic heterocycles. The van der Waals surface area contributed by atoms with Gasteiger partial charge in [0.05, 0.1) is 52.9 Å². The highest BCUT2D eigenvalue weighted by atomic mass is 32.1. The molecular weight excluding hydrogens is 574 g/mol. The molecule has 44 heavy (non-hydrogen) atoms. The Morgan fingerprint density at radius 2 is 1.82 bits per heavy atom. The number of esters is 1. The van der Waals surface area contributed by atoms with Crippen LogP contribution in [-0.2, 0) is 9.53 Å². The molecule has 3 heterocycles. The Morgan fingerprint density at radius 1 is 1.07 bits per heavy atom. The first-order valence-electron chi connectivity index (χ1n) is 14.5. The van der Waals surface area contributed by atoms with E-state index >= 15 is 0 Å². The van der Waals surface area contributed by atoms with Crippen molar-refractivity contribution in [1.29, 1.82) is 0 Å². The van der Waals surface area contributed by atoms with E-state index in [4.69, 9.17) is 19.2 Å². The summed E-state index contributed by atoms with van der Waals surface area (Å²) >= 11 is 1.30. The number of fused-ring (bicyclic) bond motifs is 2. The molecule has 1 aliphatic heterocycles. The third kappa shape index (κ3) is 5.24. The van der Waals surface area contributed by atoms with Crippen molar-refractivity contribution in [3.05, 3.63) is 115 Å². The fourth-order valence-corrected chi connectivity index (χ4v) is 6.63. The number of H-pyrrole nitrogens is 1. The molecule has 0 saturated heterocycles. The Labute approximate surface area is 258 Å². The van der Waals surface area contributed by atoms with Crippen LogP contribution < -0.4 is 24.4 Å². The molecule has 1 aliphatic rings. The number of benzene rings is 3. The predicted octanol–water partition coefficient (Wildman–Crippen LogP) is 5.74. The fraction of sp³-hybridized carbons (Fsp3) is 0.229. The summed E-state index contributed by atoms with van der Waals surface area (Å²) in [5, 5.41) is 0.926. The van der Waals surface area contributed by atoms with E-state index in [1.54, 1.807) is 25.5 Å². The van der Waals surface area contributed by atoms with Gasteiger partial charge in [-0.05, 0) is 63.1 Å². The number of hydrogen-bond acceptors (Lipinski definition) is 7. The molecule has 6 rings (SSSR count). The smallest absolute Gasteiger partial charge is 0.338 e. The number of para-hydroxylation sites is 1. The normalized spacial score (nSPS) is 15.0. The average molecular weight is 608 g/mol. The molecule has 8 nitrogen and oxygen atoms in total. The highest BCUT2D eigenvalue weighted by Crippen LogP contribution is 2.36. The Bertz CT molecular complexity index is 2070. The standard InChI is InChI=1S/C35H33N3O5S/c1-6-42-34(40)29-21(4)36-35-38(32(29)23-15-17-24(18-16-23)43-20(2)3)33(39)28(44-35)19-26-25-13-10-14-27(41-5)31(25)37-30(26)22-11-8-7-9-12-22/h7-20,32,37H,6H2,1-5H3/b28-19-/t32-/m1/s1. The van der Waals surface area contributed by atoms with Crippen molar-refractivity contribution >= 4 is 34.3 Å². The van der Waals surface area contributed by atoms with Gasteiger partial charge in [0.25, 0.3) is 5.56 Å². The van der Waals surface area contributed by atoms with Gasteiger partial charge < -0.3 is 19.2 Å². The lowest BCUT2D eigenvalue weighted by atomic mass is 9.96. The topological polar surface area (TPSA) is 94.9 Å². The molecule has 1 N–H and O–H groups in total. The summed E-state index contributed by atoms with van der Waals surface area (Å²) in [6, 6.07) is 22.6. The van der Waals surface area contributed by atoms with E-state index in [0.29, 0.717) is 32.1 Å². The van der Waals surface area contributed by atoms with Crippen LogP contribution >= 0.6 is 11.3 Å². The molecule has 9 heteroatoms. The Morgan fingerprint density at radius 3 is 2.50 bits per heavy atom. The zero-order valence-electron chi connectivity index (χ0n) is 25.2. The quantitative estimate of drug-likeness (QED) is 0.227. The summed E-state index contributed by atoms with van der Waals surface area (Å²) in [5.41, 5.74) is 4.93. The van der Waals surface area contributed by atoms with E-state index in [9.17, 15) is 9.59 Å². The SMILES string of the molecule is CCOC(=O)C1=C(C)N=c2s/c(=C\c3c(-c4ccccc4)[nH]c4c(OC)cccc34)c(=O)n2[C@@H]1c1ccc(OC(C)C)cc1. The van der Waals surface area contributed by atoms with Gasteiger partial charge in [-0.15, -0.1) is 0 Å². The second-order valence-electron chi connectivity index (χ2n) is 10.7. The van der Waals surface area contributed by atoms with Crippen molar-refractivity contribution in [2.24, 2.45) is 4.99 Å². The van der Waals surface area contributed by atoms with Gasteiger partial charge in [-0.1, -0.05) is 65.9 Å². The number of allylic oxidation sites excluding steroid dienone is 1. The number of nitrogens with zero attached hydrogens (tertiary/aromatic N) is 2. The van der Waals surface area contributed by atoms with Crippen LogP contribution in [0.4, 0.5) is 0 Å². The molecule has 0 fully saturated rings. The van der Waals surface area contributed by atoms with Crippen molar-refractivity contribution in [3.63, 3.8) is 0 Å². The lowest BCUT2D eigenvalue weighted by Crippen LogP contribution is -2.39. The lowest BCUT2D eigenvalue weighted by molar-refractivity contribution is -0.139. The van der Waals surface area contributed by atoms with E-state index in [-0.39, 0.29) is 18.3 Å². The van der Waals surface area contributed by atoms with Gasteiger partial charge in [0.2, 0.25) is 0 Å². The zero-order valence-corrected chi connectivity index (χ0v) is 26.0. The summed E-state index contributed by atoms with van der Waals surface area (Å²) in [7, 11) is 1.64. The number of aromatic nitrogens is 2. The number of rotatable bonds is 8. The Hall–Kier alpha value is -4.89. The Kier molecular flexibility index (Phi) is 7.97. The van der Waals surface area contributed by atoms with E-state index in [1.165, 1.54) is 11.3 Å². The van der Waals surface area contributed by atoms with E-state index in [1.807, 2.05) is 92.7 Å². The number of hydrogen-bond donors (Lipinski definition) is 1. The van der Waals surface area contributed by atoms with Crippen LogP contribution in [0.25, 0.3) is 28.2 Å². The van der Waals surface area contributed by atoms with Crippen molar-refractivity contribution < 1.29 is 19.0 Å². The van der Waals surface area contributed by atoms with Gasteiger partial charge in [0.15, 0.2) is 4.80 Å². The third-order valence-corrected chi connectivity index (χ3v) is 8.46. The summed E-state index contributed by atoms with van der Waals surface area (Å²) in [6.07, 6.45) is 1.92. The number of carbonyl (C=O) groups is 1. The maximum absolute atomic E-state index is 14.3. The maximum atomic E-state index is 14.3. The summed E-state index contributed by atoms with van der Waals surface area (Å²) < 4.78 is 19.0. The minimum Gasteiger partial charge on any atom is -0.495 e. The summed E-state index contributed by atoms with van der Waals surface area (Å²) in [6.45, 7) is 7.68.